The van der Waals surface area contributed by atoms with E-state index in [1.54, 1.807) is 13.0 Å². The molecule has 0 aromatic carbocycles. The average molecular weight is 184 g/mol. The molecule has 0 saturated carbocycles. The third kappa shape index (κ3) is 7.82. The van der Waals surface area contributed by atoms with E-state index in [0.717, 1.165) is 6.42 Å². The Labute approximate surface area is 64.7 Å². The molecule has 0 bridgehead atoms. The minimum absolute atomic E-state index is 0.396. The molecule has 0 spiro atoms. The van der Waals surface area contributed by atoms with E-state index in [4.69, 9.17) is 5.11 Å². The molecule has 0 rings (SSSR count). The molecule has 0 atom stereocenters. The summed E-state index contributed by atoms with van der Waals surface area (Å²) in [6.45, 7) is 3.72. The van der Waals surface area contributed by atoms with E-state index in [1.807, 2.05) is 23.4 Å². The molecule has 1 N–H and O–H groups in total. The third-order valence-corrected chi connectivity index (χ3v) is 1.27. The summed E-state index contributed by atoms with van der Waals surface area (Å²) in [4.78, 5) is 0. The summed E-state index contributed by atoms with van der Waals surface area (Å²) in [7, 11) is 0. The molecule has 9 heavy (non-hydrogen) atoms. The standard InChI is InChI=1S/C7H11GeO/c1-6(8)4-3-5-7(2)9/h4-5,9H,3H2,1-2H3/b6-4-,7-5-. The van der Waals surface area contributed by atoms with E-state index in [-0.39, 0.29) is 0 Å². The van der Waals surface area contributed by atoms with Crippen molar-refractivity contribution >= 4 is 16.5 Å². The summed E-state index contributed by atoms with van der Waals surface area (Å²) in [5.74, 6) is 0.396. The van der Waals surface area contributed by atoms with Crippen LogP contribution in [0.1, 0.15) is 20.3 Å². The topological polar surface area (TPSA) is 20.2 Å². The minimum atomic E-state index is 0.396. The number of allylic oxidation sites excluding steroid dienone is 4. The quantitative estimate of drug-likeness (QED) is 0.513. The zero-order chi connectivity index (χ0) is 7.28. The van der Waals surface area contributed by atoms with Gasteiger partial charge < -0.3 is 0 Å². The number of hydrogen-bond donors (Lipinski definition) is 1. The van der Waals surface area contributed by atoms with E-state index >= 15 is 0 Å². The van der Waals surface area contributed by atoms with Crippen LogP contribution in [-0.4, -0.2) is 21.6 Å². The number of rotatable bonds is 2. The van der Waals surface area contributed by atoms with Gasteiger partial charge in [0, 0.05) is 0 Å². The van der Waals surface area contributed by atoms with Crippen LogP contribution in [-0.2, 0) is 0 Å². The Morgan fingerprint density at radius 3 is 2.33 bits per heavy atom. The predicted molar refractivity (Wildman–Crippen MR) is 40.5 cm³/mol. The molecule has 1 nitrogen and oxygen atoms in total. The van der Waals surface area contributed by atoms with Crippen molar-refractivity contribution < 1.29 is 5.11 Å². The molecule has 2 heteroatoms. The first kappa shape index (κ1) is 8.82. The molecular formula is C7H11GeO. The van der Waals surface area contributed by atoms with Crippen LogP contribution >= 0.6 is 0 Å². The van der Waals surface area contributed by atoms with Crippen molar-refractivity contribution in [1.82, 2.24) is 0 Å². The van der Waals surface area contributed by atoms with Crippen LogP contribution in [0.5, 0.6) is 0 Å². The molecule has 3 radical (unpaired) electrons. The van der Waals surface area contributed by atoms with Crippen molar-refractivity contribution in [2.75, 3.05) is 0 Å². The monoisotopic (exact) mass is 185 g/mol. The van der Waals surface area contributed by atoms with Gasteiger partial charge in [0.05, 0.1) is 0 Å². The van der Waals surface area contributed by atoms with Gasteiger partial charge in [-0.15, -0.1) is 0 Å². The van der Waals surface area contributed by atoms with Crippen LogP contribution in [0.4, 0.5) is 0 Å². The molecule has 49 valence electrons. The molecule has 0 aliphatic rings. The van der Waals surface area contributed by atoms with Gasteiger partial charge in [-0.05, 0) is 0 Å². The van der Waals surface area contributed by atoms with Crippen LogP contribution in [0.2, 0.25) is 0 Å². The zero-order valence-electron chi connectivity index (χ0n) is 5.81. The van der Waals surface area contributed by atoms with Crippen molar-refractivity contribution in [2.24, 2.45) is 0 Å². The van der Waals surface area contributed by atoms with Crippen LogP contribution in [0, 0.1) is 0 Å². The Morgan fingerprint density at radius 1 is 1.44 bits per heavy atom. The molecule has 0 heterocycles. The molecule has 0 amide bonds. The molecule has 0 fully saturated rings. The summed E-state index contributed by atoms with van der Waals surface area (Å²) in [6, 6.07) is 0. The van der Waals surface area contributed by atoms with Gasteiger partial charge in [0.15, 0.2) is 0 Å². The maximum absolute atomic E-state index is 8.70. The molecule has 0 aliphatic carbocycles. The van der Waals surface area contributed by atoms with E-state index in [1.165, 1.54) is 4.41 Å². The first-order valence-corrected chi connectivity index (χ1v) is 3.92. The summed E-state index contributed by atoms with van der Waals surface area (Å²) in [6.07, 6.45) is 4.69. The van der Waals surface area contributed by atoms with Crippen molar-refractivity contribution in [3.63, 3.8) is 0 Å². The molecule has 0 unspecified atom stereocenters. The van der Waals surface area contributed by atoms with Gasteiger partial charge in [-0.25, -0.2) is 0 Å². The molecule has 0 aliphatic heterocycles. The summed E-state index contributed by atoms with van der Waals surface area (Å²) in [5.41, 5.74) is 0. The van der Waals surface area contributed by atoms with Gasteiger partial charge in [-0.1, -0.05) is 0 Å². The van der Waals surface area contributed by atoms with Gasteiger partial charge in [-0.3, -0.25) is 0 Å². The molecule has 0 saturated heterocycles. The predicted octanol–water partition coefficient (Wildman–Crippen LogP) is 1.91. The normalized spacial score (nSPS) is 14.1. The average Bonchev–Trinajstić information content (AvgIpc) is 1.63. The van der Waals surface area contributed by atoms with E-state index in [0.29, 0.717) is 5.76 Å². The number of hydrogen-bond acceptors (Lipinski definition) is 1. The first-order chi connectivity index (χ1) is 4.13. The molecular weight excluding hydrogens is 173 g/mol. The second-order valence-corrected chi connectivity index (χ2v) is 3.62. The van der Waals surface area contributed by atoms with Crippen LogP contribution in [0.3, 0.4) is 0 Å². The fourth-order valence-electron chi connectivity index (χ4n) is 0.406. The second kappa shape index (κ2) is 4.68. The Hall–Kier alpha value is -0.177. The van der Waals surface area contributed by atoms with Gasteiger partial charge in [0.1, 0.15) is 0 Å². The number of aliphatic hydroxyl groups excluding tert-OH is 1. The van der Waals surface area contributed by atoms with Crippen LogP contribution in [0.25, 0.3) is 0 Å². The van der Waals surface area contributed by atoms with Crippen molar-refractivity contribution in [1.29, 1.82) is 0 Å². The Balaban J connectivity index is 3.53. The van der Waals surface area contributed by atoms with Crippen molar-refractivity contribution in [2.45, 2.75) is 20.3 Å². The Morgan fingerprint density at radius 2 is 2.00 bits per heavy atom. The number of aliphatic hydroxyl groups is 1. The summed E-state index contributed by atoms with van der Waals surface area (Å²) >= 11 is 2.04. The van der Waals surface area contributed by atoms with Gasteiger partial charge >= 0.3 is 64.2 Å². The van der Waals surface area contributed by atoms with Crippen LogP contribution < -0.4 is 0 Å². The van der Waals surface area contributed by atoms with Crippen molar-refractivity contribution in [3.05, 3.63) is 22.3 Å². The summed E-state index contributed by atoms with van der Waals surface area (Å²) in [5, 5.41) is 8.70. The summed E-state index contributed by atoms with van der Waals surface area (Å²) < 4.78 is 1.28. The Bertz CT molecular complexity index is 112. The fraction of sp³-hybridized carbons (Fsp3) is 0.429. The maximum atomic E-state index is 8.70. The first-order valence-electron chi connectivity index (χ1n) is 2.87. The van der Waals surface area contributed by atoms with Crippen molar-refractivity contribution in [3.8, 4) is 0 Å². The van der Waals surface area contributed by atoms with E-state index in [9.17, 15) is 0 Å². The van der Waals surface area contributed by atoms with Crippen LogP contribution in [0.15, 0.2) is 22.3 Å². The van der Waals surface area contributed by atoms with Gasteiger partial charge in [0.25, 0.3) is 0 Å². The molecule has 0 aromatic rings. The van der Waals surface area contributed by atoms with Gasteiger partial charge in [-0.2, -0.15) is 0 Å². The van der Waals surface area contributed by atoms with Gasteiger partial charge in [0.2, 0.25) is 0 Å². The fourth-order valence-corrected chi connectivity index (χ4v) is 0.654. The third-order valence-electron chi connectivity index (χ3n) is 0.837. The SMILES string of the molecule is C/C(O)=C/C/C=[C](/C)[Ge]. The Kier molecular flexibility index (Phi) is 4.59. The molecule has 0 aromatic heterocycles. The zero-order valence-corrected chi connectivity index (χ0v) is 7.91. The van der Waals surface area contributed by atoms with E-state index in [2.05, 4.69) is 6.08 Å². The second-order valence-electron chi connectivity index (χ2n) is 1.97. The van der Waals surface area contributed by atoms with E-state index < -0.39 is 0 Å².